The number of nitrogens with two attached hydrogens (primary N) is 1. The molecule has 0 fully saturated rings. The quantitative estimate of drug-likeness (QED) is 0.0384. The summed E-state index contributed by atoms with van der Waals surface area (Å²) in [5.41, 5.74) is 0. The van der Waals surface area contributed by atoms with Crippen molar-refractivity contribution in [3.63, 3.8) is 0 Å². The molecule has 0 saturated heterocycles. The number of nitrogens with zero attached hydrogens (tertiary/aromatic N) is 53. The van der Waals surface area contributed by atoms with Crippen LogP contribution in [-0.2, 0) is 21.2 Å². The molecule has 0 aromatic carbocycles. The van der Waals surface area contributed by atoms with Crippen LogP contribution in [0.3, 0.4) is 0 Å². The second-order valence-corrected chi connectivity index (χ2v) is 5.39. The summed E-state index contributed by atoms with van der Waals surface area (Å²) in [5.74, 6) is 4.63. The first-order valence-corrected chi connectivity index (χ1v) is 12.3. The van der Waals surface area contributed by atoms with Crippen LogP contribution in [0.25, 0.3) is 0 Å². The summed E-state index contributed by atoms with van der Waals surface area (Å²) in [4.78, 5) is 0. The van der Waals surface area contributed by atoms with Crippen molar-refractivity contribution in [3.8, 4) is 0 Å². The predicted octanol–water partition coefficient (Wildman–Crippen LogP) is 9.02. The van der Waals surface area contributed by atoms with E-state index in [1.165, 1.54) is 0 Å². The Kier molecular flexibility index (Phi) is 36.4. The van der Waals surface area contributed by atoms with Gasteiger partial charge in [-0.15, -0.1) is 0 Å². The molecule has 56 heavy (non-hydrogen) atoms. The molecule has 0 radical (unpaired) electrons. The molecule has 2 N–H and O–H groups in total. The second-order valence-electron chi connectivity index (χ2n) is 4.80. The number of hydrogen-bond acceptors (Lipinski definition) is 3. The molecule has 0 aliphatic rings. The first kappa shape index (κ1) is 45.7. The topological polar surface area (TPSA) is 698 Å². The summed E-state index contributed by atoms with van der Waals surface area (Å²) in [6.07, 6.45) is 0. The molecule has 0 rings (SSSR count). The first-order chi connectivity index (χ1) is 27.9. The predicted molar refractivity (Wildman–Crippen MR) is 134 cm³/mol. The van der Waals surface area contributed by atoms with Gasteiger partial charge in [-0.25, -0.2) is 0 Å². The molecule has 0 amide bonds. The van der Waals surface area contributed by atoms with E-state index in [9.17, 15) is 3.47 Å². The van der Waals surface area contributed by atoms with Gasteiger partial charge in [0.15, 0.2) is 0 Å². The maximum atomic E-state index is 9.93. The van der Waals surface area contributed by atoms with Gasteiger partial charge in [-0.05, 0) is 36.6 Å². The third kappa shape index (κ3) is 43.7. The number of hydrogen-bond donors (Lipinski definition) is 1. The zero-order chi connectivity index (χ0) is 40.2. The van der Waals surface area contributed by atoms with Crippen LogP contribution in [0.4, 0.5) is 0 Å². The van der Waals surface area contributed by atoms with Crippen molar-refractivity contribution in [3.05, 3.63) is 0 Å². The van der Waals surface area contributed by atoms with Crippen molar-refractivity contribution in [2.24, 2.45) is 281 Å². The molecule has 0 aliphatic heterocycles. The average Bonchev–Trinajstić information content (AvgIpc) is 3.21. The van der Waals surface area contributed by atoms with Crippen molar-refractivity contribution < 1.29 is 21.2 Å². The Labute approximate surface area is 302 Å². The Hall–Kier alpha value is -10.3. The van der Waals surface area contributed by atoms with Crippen LogP contribution in [0.2, 0.25) is 0 Å². The Morgan fingerprint density at radius 2 is 0.286 bits per heavy atom. The van der Waals surface area contributed by atoms with Crippen molar-refractivity contribution in [1.82, 2.24) is 0 Å². The van der Waals surface area contributed by atoms with Crippen LogP contribution in [-0.4, -0.2) is 0 Å². The van der Waals surface area contributed by atoms with Crippen molar-refractivity contribution in [2.75, 3.05) is 0 Å². The molecule has 56 heteroatoms. The summed E-state index contributed by atoms with van der Waals surface area (Å²) in [7, 11) is 0. The van der Waals surface area contributed by atoms with Crippen LogP contribution in [0.15, 0.2) is 275 Å². The zero-order valence-corrected chi connectivity index (χ0v) is 26.6. The monoisotopic (exact) mass is 880 g/mol. The zero-order valence-electron chi connectivity index (χ0n) is 25.0. The van der Waals surface area contributed by atoms with E-state index in [0.717, 1.165) is 0 Å². The summed E-state index contributed by atoms with van der Waals surface area (Å²) in [6.45, 7) is 0. The second kappa shape index (κ2) is 44.7. The van der Waals surface area contributed by atoms with Crippen LogP contribution in [0, 0.1) is 0 Å². The van der Waals surface area contributed by atoms with Crippen LogP contribution >= 0.6 is 0 Å². The van der Waals surface area contributed by atoms with Gasteiger partial charge in [-0.2, -0.15) is 0 Å². The van der Waals surface area contributed by atoms with E-state index in [1.54, 1.807) is 0 Å². The fraction of sp³-hybridized carbons (Fsp3) is 0. The molecule has 0 heterocycles. The maximum absolute atomic E-state index is 9.93. The fourth-order valence-corrected chi connectivity index (χ4v) is 1.04. The number of rotatable bonds is 26. The molecule has 0 aliphatic carbocycles. The van der Waals surface area contributed by atoms with Gasteiger partial charge in [0.05, 0.1) is 0 Å². The SMILES string of the molecule is N/N=N/N=N/N=N/N=N/N=N/N=N/N=N/N=N/N=N/N=N/N=N/N=N/N=N/N=N/N=N/N=N/N=N/N=N/N=N/N=N/N=N/N=N/N=N/N=N/N=N/N=N/[N]=[Pd]=[O]. The Balaban J connectivity index is 4.07. The van der Waals surface area contributed by atoms with E-state index >= 15 is 0 Å². The molecule has 0 saturated carbocycles. The molecule has 55 nitrogen and oxygen atoms in total. The Bertz CT molecular complexity index is 1860. The molecule has 288 valence electrons. The fourth-order valence-electron chi connectivity index (χ4n) is 0.924. The van der Waals surface area contributed by atoms with E-state index in [4.69, 9.17) is 0 Å². The van der Waals surface area contributed by atoms with Gasteiger partial charge >= 0.3 is 82.4 Å². The van der Waals surface area contributed by atoms with Gasteiger partial charge in [-0.3, -0.25) is 0 Å². The van der Waals surface area contributed by atoms with Gasteiger partial charge in [0.1, 0.15) is 0 Å². The van der Waals surface area contributed by atoms with E-state index < -0.39 is 17.8 Å². The van der Waals surface area contributed by atoms with Crippen LogP contribution < -0.4 is 5.84 Å². The molecule has 0 atom stereocenters. The first-order valence-electron chi connectivity index (χ1n) is 10.9. The summed E-state index contributed by atoms with van der Waals surface area (Å²) < 4.78 is 12.9. The van der Waals surface area contributed by atoms with Gasteiger partial charge in [0.25, 0.3) is 0 Å². The van der Waals surface area contributed by atoms with Gasteiger partial charge in [0, 0.05) is 172 Å². The average molecular weight is 881 g/mol. The Morgan fingerprint density at radius 1 is 0.179 bits per heavy atom. The molecule has 0 unspecified atom stereocenters. The summed E-state index contributed by atoms with van der Waals surface area (Å²) >= 11 is -1.19. The molecule has 0 spiro atoms. The van der Waals surface area contributed by atoms with Crippen molar-refractivity contribution >= 4 is 0 Å². The third-order valence-corrected chi connectivity index (χ3v) is 2.37. The minimum atomic E-state index is -1.19. The van der Waals surface area contributed by atoms with E-state index in [0.29, 0.717) is 0 Å². The minimum absolute atomic E-state index is 1.19. The van der Waals surface area contributed by atoms with Gasteiger partial charge in [0.2, 0.25) is 0 Å². The summed E-state index contributed by atoms with van der Waals surface area (Å²) in [5, 5.41) is 155. The van der Waals surface area contributed by atoms with E-state index in [2.05, 4.69) is 281 Å². The molecule has 0 aromatic rings. The summed E-state index contributed by atoms with van der Waals surface area (Å²) in [6, 6.07) is 0. The standard InChI is InChI=1S/H2N54.O.Pd/c1-3-5-7-9-11-13-15-17-19-21-23-25-27-29-31-33-35-37-39-41-43-45-47-49-51-53-54-52-50-48-46-44-42-40-38-36-34-32-30-28-26-24-22-20-18-16-14-12-10-8-6-4-2;;/h(H2,1,4,5,8,9,12,13,16,17,20,21,24,25,28,29,32,33,36,37,40,41,44,45,48,49,52,53);;. The third-order valence-electron chi connectivity index (χ3n) is 2.11. The van der Waals surface area contributed by atoms with E-state index in [-0.39, 0.29) is 0 Å². The van der Waals surface area contributed by atoms with Gasteiger partial charge < -0.3 is 5.84 Å². The molecular formula is H2N54OPd. The molecule has 0 aromatic heterocycles. The van der Waals surface area contributed by atoms with E-state index in [1.807, 2.05) is 0 Å². The van der Waals surface area contributed by atoms with Crippen LogP contribution in [0.1, 0.15) is 0 Å². The van der Waals surface area contributed by atoms with Crippen molar-refractivity contribution in [2.45, 2.75) is 0 Å². The van der Waals surface area contributed by atoms with Crippen LogP contribution in [0.5, 0.6) is 0 Å². The van der Waals surface area contributed by atoms with Gasteiger partial charge in [-0.1, -0.05) is 5.22 Å². The van der Waals surface area contributed by atoms with Crippen molar-refractivity contribution in [1.29, 1.82) is 0 Å². The Morgan fingerprint density at radius 3 is 0.393 bits per heavy atom. The molecular weight excluding hydrogens is 879 g/mol. The molecule has 0 bridgehead atoms. The normalized spacial score (nSPS) is 15.4.